The molecule has 2 aromatic rings. The topological polar surface area (TPSA) is 71.5 Å². The number of fused-ring (bicyclic) bond motifs is 1. The molecule has 3 rings (SSSR count). The Bertz CT molecular complexity index is 910. The molecule has 0 aromatic carbocycles. The van der Waals surface area contributed by atoms with Crippen LogP contribution in [0, 0.1) is 0 Å². The van der Waals surface area contributed by atoms with Crippen molar-refractivity contribution in [3.05, 3.63) is 23.0 Å². The number of aromatic nitrogens is 3. The largest absolute Gasteiger partial charge is 0.444 e. The van der Waals surface area contributed by atoms with E-state index >= 15 is 0 Å². The van der Waals surface area contributed by atoms with Crippen molar-refractivity contribution < 1.29 is 22.7 Å². The molecule has 7 nitrogen and oxygen atoms in total. The van der Waals surface area contributed by atoms with E-state index in [9.17, 15) is 18.0 Å². The summed E-state index contributed by atoms with van der Waals surface area (Å²) in [5, 5.41) is -0.0213. The van der Waals surface area contributed by atoms with E-state index in [1.165, 1.54) is 4.90 Å². The van der Waals surface area contributed by atoms with Crippen LogP contribution in [-0.4, -0.2) is 57.7 Å². The highest BCUT2D eigenvalue weighted by Crippen LogP contribution is 2.32. The summed E-state index contributed by atoms with van der Waals surface area (Å²) in [4.78, 5) is 27.4. The molecule has 0 radical (unpaired) electrons. The first-order valence-electron chi connectivity index (χ1n) is 8.46. The zero-order valence-corrected chi connectivity index (χ0v) is 16.5. The Hall–Kier alpha value is -2.36. The molecule has 0 bridgehead atoms. The second kappa shape index (κ2) is 6.91. The Balaban J connectivity index is 1.74. The molecule has 1 aliphatic rings. The number of likely N-dealkylation sites (N-methyl/N-ethyl adjacent to an activating group) is 1. The van der Waals surface area contributed by atoms with Crippen molar-refractivity contribution in [1.29, 1.82) is 0 Å². The van der Waals surface area contributed by atoms with Gasteiger partial charge in [0.1, 0.15) is 11.1 Å². The van der Waals surface area contributed by atoms with Crippen LogP contribution < -0.4 is 4.90 Å². The molecule has 0 N–H and O–H groups in total. The van der Waals surface area contributed by atoms with E-state index in [4.69, 9.17) is 16.3 Å². The first-order chi connectivity index (χ1) is 12.8. The maximum Gasteiger partial charge on any atom is 0.417 e. The van der Waals surface area contributed by atoms with Gasteiger partial charge in [-0.2, -0.15) is 13.2 Å². The van der Waals surface area contributed by atoms with Crippen molar-refractivity contribution in [2.75, 3.05) is 25.0 Å². The second-order valence-electron chi connectivity index (χ2n) is 7.55. The first-order valence-corrected chi connectivity index (χ1v) is 8.84. The molecule has 1 aliphatic heterocycles. The lowest BCUT2D eigenvalue weighted by Crippen LogP contribution is -2.60. The van der Waals surface area contributed by atoms with Crippen LogP contribution in [0.3, 0.4) is 0 Å². The summed E-state index contributed by atoms with van der Waals surface area (Å²) >= 11 is 6.12. The molecule has 0 unspecified atom stereocenters. The van der Waals surface area contributed by atoms with Gasteiger partial charge in [-0.3, -0.25) is 0 Å². The molecule has 11 heteroatoms. The van der Waals surface area contributed by atoms with E-state index in [2.05, 4.69) is 15.0 Å². The van der Waals surface area contributed by atoms with Crippen molar-refractivity contribution in [3.8, 4) is 0 Å². The highest BCUT2D eigenvalue weighted by Gasteiger charge is 2.37. The predicted molar refractivity (Wildman–Crippen MR) is 97.3 cm³/mol. The highest BCUT2D eigenvalue weighted by molar-refractivity contribution is 6.32. The van der Waals surface area contributed by atoms with Crippen molar-refractivity contribution in [1.82, 2.24) is 19.9 Å². The van der Waals surface area contributed by atoms with Gasteiger partial charge in [-0.1, -0.05) is 11.6 Å². The van der Waals surface area contributed by atoms with Gasteiger partial charge in [0.25, 0.3) is 0 Å². The molecule has 0 saturated carbocycles. The van der Waals surface area contributed by atoms with E-state index in [1.807, 2.05) is 0 Å². The predicted octanol–water partition coefficient (Wildman–Crippen LogP) is 3.75. The highest BCUT2D eigenvalue weighted by atomic mass is 35.5. The molecule has 1 saturated heterocycles. The van der Waals surface area contributed by atoms with Crippen molar-refractivity contribution >= 4 is 34.7 Å². The SMILES string of the molecule is CN(C(=O)OC(C)(C)C)C1CN(c2nc3ncc(C(F)(F)F)cc3nc2Cl)C1. The second-order valence-corrected chi connectivity index (χ2v) is 7.91. The van der Waals surface area contributed by atoms with Crippen LogP contribution in [0.2, 0.25) is 5.15 Å². The Kier molecular flexibility index (Phi) is 5.03. The average molecular weight is 418 g/mol. The number of anilines is 1. The summed E-state index contributed by atoms with van der Waals surface area (Å²) in [6.45, 7) is 6.24. The quantitative estimate of drug-likeness (QED) is 0.741. The molecule has 3 heterocycles. The Morgan fingerprint density at radius 2 is 1.93 bits per heavy atom. The molecular formula is C17H19ClF3N5O2. The van der Waals surface area contributed by atoms with E-state index in [0.29, 0.717) is 25.1 Å². The average Bonchev–Trinajstić information content (AvgIpc) is 2.50. The summed E-state index contributed by atoms with van der Waals surface area (Å²) in [7, 11) is 1.64. The lowest BCUT2D eigenvalue weighted by molar-refractivity contribution is -0.137. The van der Waals surface area contributed by atoms with Crippen molar-refractivity contribution in [2.45, 2.75) is 38.6 Å². The third-order valence-corrected chi connectivity index (χ3v) is 4.43. The fraction of sp³-hybridized carbons (Fsp3) is 0.529. The van der Waals surface area contributed by atoms with Crippen LogP contribution in [0.25, 0.3) is 11.2 Å². The van der Waals surface area contributed by atoms with E-state index < -0.39 is 23.4 Å². The van der Waals surface area contributed by atoms with Crippen molar-refractivity contribution in [2.24, 2.45) is 0 Å². The molecule has 1 fully saturated rings. The third kappa shape index (κ3) is 4.21. The lowest BCUT2D eigenvalue weighted by atomic mass is 10.1. The van der Waals surface area contributed by atoms with Crippen LogP contribution in [-0.2, 0) is 10.9 Å². The zero-order valence-electron chi connectivity index (χ0n) is 15.7. The number of hydrogen-bond acceptors (Lipinski definition) is 6. The van der Waals surface area contributed by atoms with Gasteiger partial charge in [0, 0.05) is 26.3 Å². The number of carbonyl (C=O) groups excluding carboxylic acids is 1. The number of pyridine rings is 1. The number of rotatable bonds is 2. The number of carbonyl (C=O) groups is 1. The van der Waals surface area contributed by atoms with Crippen LogP contribution in [0.5, 0.6) is 0 Å². The van der Waals surface area contributed by atoms with Gasteiger partial charge in [-0.25, -0.2) is 19.7 Å². The maximum atomic E-state index is 12.8. The minimum Gasteiger partial charge on any atom is -0.444 e. The fourth-order valence-electron chi connectivity index (χ4n) is 2.63. The van der Waals surface area contributed by atoms with Gasteiger partial charge >= 0.3 is 12.3 Å². The molecule has 0 atom stereocenters. The van der Waals surface area contributed by atoms with E-state index in [-0.39, 0.29) is 22.4 Å². The lowest BCUT2D eigenvalue weighted by Gasteiger charge is -2.44. The Labute approximate surface area is 164 Å². The summed E-state index contributed by atoms with van der Waals surface area (Å²) in [5.41, 5.74) is -1.48. The van der Waals surface area contributed by atoms with Gasteiger partial charge in [0.05, 0.1) is 11.6 Å². The van der Waals surface area contributed by atoms with Crippen LogP contribution in [0.15, 0.2) is 12.3 Å². The summed E-state index contributed by atoms with van der Waals surface area (Å²) in [6.07, 6.45) is -4.25. The molecule has 28 heavy (non-hydrogen) atoms. The van der Waals surface area contributed by atoms with Crippen LogP contribution in [0.4, 0.5) is 23.8 Å². The molecule has 2 aromatic heterocycles. The maximum absolute atomic E-state index is 12.8. The minimum atomic E-state index is -4.52. The van der Waals surface area contributed by atoms with E-state index in [1.54, 1.807) is 32.7 Å². The number of ether oxygens (including phenoxy) is 1. The normalized spacial score (nSPS) is 15.5. The number of halogens is 4. The zero-order chi connectivity index (χ0) is 20.9. The minimum absolute atomic E-state index is 0.0213. The molecule has 1 amide bonds. The van der Waals surface area contributed by atoms with Crippen molar-refractivity contribution in [3.63, 3.8) is 0 Å². The number of nitrogens with zero attached hydrogens (tertiary/aromatic N) is 5. The number of amides is 1. The van der Waals surface area contributed by atoms with Gasteiger partial charge in [-0.15, -0.1) is 0 Å². The molecule has 0 aliphatic carbocycles. The summed E-state index contributed by atoms with van der Waals surface area (Å²) in [6, 6.07) is 0.754. The Morgan fingerprint density at radius 1 is 1.29 bits per heavy atom. The molecular weight excluding hydrogens is 399 g/mol. The Morgan fingerprint density at radius 3 is 2.50 bits per heavy atom. The van der Waals surface area contributed by atoms with Crippen LogP contribution >= 0.6 is 11.6 Å². The van der Waals surface area contributed by atoms with Gasteiger partial charge in [0.15, 0.2) is 16.6 Å². The standard InChI is InChI=1S/C17H19ClF3N5O2/c1-16(2,3)28-15(27)25(4)10-7-26(8-10)14-12(18)23-11-5-9(17(19,20)21)6-22-13(11)24-14/h5-6,10H,7-8H2,1-4H3. The number of alkyl halides is 3. The van der Waals surface area contributed by atoms with Gasteiger partial charge < -0.3 is 14.5 Å². The summed E-state index contributed by atoms with van der Waals surface area (Å²) < 4.78 is 43.7. The number of hydrogen-bond donors (Lipinski definition) is 0. The van der Waals surface area contributed by atoms with Gasteiger partial charge in [-0.05, 0) is 26.8 Å². The molecule has 152 valence electrons. The third-order valence-electron chi connectivity index (χ3n) is 4.18. The fourth-order valence-corrected chi connectivity index (χ4v) is 2.88. The van der Waals surface area contributed by atoms with E-state index in [0.717, 1.165) is 6.07 Å². The summed E-state index contributed by atoms with van der Waals surface area (Å²) in [5.74, 6) is 0.315. The van der Waals surface area contributed by atoms with Crippen LogP contribution in [0.1, 0.15) is 26.3 Å². The first kappa shape index (κ1) is 20.4. The smallest absolute Gasteiger partial charge is 0.417 e. The molecule has 0 spiro atoms. The van der Waals surface area contributed by atoms with Gasteiger partial charge in [0.2, 0.25) is 0 Å². The monoisotopic (exact) mass is 417 g/mol.